The van der Waals surface area contributed by atoms with Crippen LogP contribution in [0.5, 0.6) is 5.75 Å². The van der Waals surface area contributed by atoms with Gasteiger partial charge in [0.25, 0.3) is 0 Å². The van der Waals surface area contributed by atoms with E-state index in [1.54, 1.807) is 37.4 Å². The molecule has 0 saturated heterocycles. The van der Waals surface area contributed by atoms with Crippen LogP contribution in [-0.4, -0.2) is 15.1 Å². The Morgan fingerprint density at radius 2 is 1.86 bits per heavy atom. The lowest BCUT2D eigenvalue weighted by Gasteiger charge is -2.21. The summed E-state index contributed by atoms with van der Waals surface area (Å²) in [5.74, 6) is -1.56. The van der Waals surface area contributed by atoms with E-state index in [2.05, 4.69) is 9.97 Å². The molecular weight excluding hydrogens is 394 g/mol. The van der Waals surface area contributed by atoms with Gasteiger partial charge in [-0.3, -0.25) is 9.97 Å². The Bertz CT molecular complexity index is 1190. The van der Waals surface area contributed by atoms with Gasteiger partial charge in [-0.2, -0.15) is 0 Å². The molecule has 0 amide bonds. The second-order valence-electron chi connectivity index (χ2n) is 6.90. The van der Waals surface area contributed by atoms with E-state index in [0.717, 1.165) is 11.6 Å². The minimum Gasteiger partial charge on any atom is -0.505 e. The molecule has 2 aromatic heterocycles. The molecule has 29 heavy (non-hydrogen) atoms. The smallest absolute Gasteiger partial charge is 0.145 e. The summed E-state index contributed by atoms with van der Waals surface area (Å²) >= 11 is 6.35. The molecule has 4 aromatic rings. The van der Waals surface area contributed by atoms with Gasteiger partial charge >= 0.3 is 0 Å². The molecule has 0 aliphatic carbocycles. The van der Waals surface area contributed by atoms with Crippen LogP contribution in [0.25, 0.3) is 10.9 Å². The molecule has 2 heterocycles. The first-order valence-corrected chi connectivity index (χ1v) is 9.45. The van der Waals surface area contributed by atoms with Gasteiger partial charge in [-0.1, -0.05) is 35.9 Å². The van der Waals surface area contributed by atoms with Gasteiger partial charge in [-0.25, -0.2) is 8.78 Å². The summed E-state index contributed by atoms with van der Waals surface area (Å²) in [6, 6.07) is 13.2. The molecule has 0 saturated carbocycles. The van der Waals surface area contributed by atoms with Crippen molar-refractivity contribution < 1.29 is 13.9 Å². The molecule has 6 heteroatoms. The zero-order valence-corrected chi connectivity index (χ0v) is 16.3. The largest absolute Gasteiger partial charge is 0.505 e. The molecule has 3 nitrogen and oxygen atoms in total. The second-order valence-corrected chi connectivity index (χ2v) is 7.30. The van der Waals surface area contributed by atoms with Crippen LogP contribution in [0.1, 0.15) is 28.3 Å². The Kier molecular flexibility index (Phi) is 5.16. The van der Waals surface area contributed by atoms with E-state index < -0.39 is 17.6 Å². The lowest BCUT2D eigenvalue weighted by Crippen LogP contribution is -2.10. The predicted octanol–water partition coefficient (Wildman–Crippen LogP) is 5.95. The van der Waals surface area contributed by atoms with Crippen molar-refractivity contribution in [3.8, 4) is 5.75 Å². The van der Waals surface area contributed by atoms with E-state index >= 15 is 0 Å². The highest BCUT2D eigenvalue weighted by atomic mass is 35.5. The van der Waals surface area contributed by atoms with E-state index in [1.807, 2.05) is 12.1 Å². The fourth-order valence-electron chi connectivity index (χ4n) is 3.56. The third-order valence-corrected chi connectivity index (χ3v) is 5.35. The number of aryl methyl sites for hydroxylation is 1. The summed E-state index contributed by atoms with van der Waals surface area (Å²) in [6.07, 6.45) is 2.96. The number of halogens is 3. The zero-order chi connectivity index (χ0) is 20.5. The first-order chi connectivity index (χ1) is 14.0. The lowest BCUT2D eigenvalue weighted by atomic mass is 9.85. The van der Waals surface area contributed by atoms with Gasteiger partial charge in [-0.05, 0) is 36.8 Å². The van der Waals surface area contributed by atoms with Crippen molar-refractivity contribution in [1.82, 2.24) is 9.97 Å². The molecule has 1 atom stereocenters. The number of phenols is 1. The van der Waals surface area contributed by atoms with Crippen molar-refractivity contribution >= 4 is 22.5 Å². The molecule has 0 radical (unpaired) electrons. The molecule has 146 valence electrons. The number of rotatable bonds is 4. The third kappa shape index (κ3) is 3.66. The number of hydrogen-bond donors (Lipinski definition) is 1. The topological polar surface area (TPSA) is 46.0 Å². The van der Waals surface area contributed by atoms with Gasteiger partial charge in [0, 0.05) is 45.8 Å². The molecule has 4 rings (SSSR count). The van der Waals surface area contributed by atoms with E-state index in [4.69, 9.17) is 11.6 Å². The molecule has 0 bridgehead atoms. The van der Waals surface area contributed by atoms with Crippen molar-refractivity contribution in [1.29, 1.82) is 0 Å². The van der Waals surface area contributed by atoms with E-state index in [9.17, 15) is 13.9 Å². The number of aromatic nitrogens is 2. The van der Waals surface area contributed by atoms with Crippen LogP contribution < -0.4 is 0 Å². The van der Waals surface area contributed by atoms with Crippen LogP contribution in [0.15, 0.2) is 60.9 Å². The zero-order valence-electron chi connectivity index (χ0n) is 15.5. The summed E-state index contributed by atoms with van der Waals surface area (Å²) in [6.45, 7) is 1.64. The maximum atomic E-state index is 14.8. The maximum absolute atomic E-state index is 14.8. The Labute approximate surface area is 171 Å². The van der Waals surface area contributed by atoms with Crippen LogP contribution in [0, 0.1) is 18.6 Å². The Hall–Kier alpha value is -3.05. The summed E-state index contributed by atoms with van der Waals surface area (Å²) in [5, 5.41) is 11.9. The van der Waals surface area contributed by atoms with Crippen molar-refractivity contribution in [3.63, 3.8) is 0 Å². The normalized spacial score (nSPS) is 12.3. The van der Waals surface area contributed by atoms with E-state index in [1.165, 1.54) is 12.1 Å². The van der Waals surface area contributed by atoms with Crippen LogP contribution in [0.4, 0.5) is 8.78 Å². The van der Waals surface area contributed by atoms with Crippen molar-refractivity contribution in [2.75, 3.05) is 0 Å². The second kappa shape index (κ2) is 7.76. The first-order valence-electron chi connectivity index (χ1n) is 9.07. The van der Waals surface area contributed by atoms with Gasteiger partial charge in [0.1, 0.15) is 22.9 Å². The van der Waals surface area contributed by atoms with Gasteiger partial charge in [0.15, 0.2) is 0 Å². The number of pyridine rings is 2. The standard InChI is InChI=1S/C23H17ClF2N2O/c1-13-10-15(28-12-20(13)26)11-17(21-18(24)5-2-6-19(21)25)16-8-7-14-4-3-9-27-22(14)23(16)29/h2-10,12,17,29H,11H2,1H3. The summed E-state index contributed by atoms with van der Waals surface area (Å²) in [7, 11) is 0. The molecule has 0 aliphatic heterocycles. The third-order valence-electron chi connectivity index (χ3n) is 5.02. The molecule has 1 unspecified atom stereocenters. The maximum Gasteiger partial charge on any atom is 0.145 e. The fraction of sp³-hybridized carbons (Fsp3) is 0.130. The van der Waals surface area contributed by atoms with E-state index in [-0.39, 0.29) is 22.8 Å². The summed E-state index contributed by atoms with van der Waals surface area (Å²) in [4.78, 5) is 8.40. The van der Waals surface area contributed by atoms with Gasteiger partial charge in [-0.15, -0.1) is 0 Å². The molecule has 1 N–H and O–H groups in total. The van der Waals surface area contributed by atoms with Gasteiger partial charge in [0.2, 0.25) is 0 Å². The van der Waals surface area contributed by atoms with Gasteiger partial charge in [0.05, 0.1) is 6.20 Å². The van der Waals surface area contributed by atoms with Crippen molar-refractivity contribution in [3.05, 3.63) is 100.0 Å². The quantitative estimate of drug-likeness (QED) is 0.452. The average Bonchev–Trinajstić information content (AvgIpc) is 2.70. The first kappa shape index (κ1) is 19.3. The summed E-state index contributed by atoms with van der Waals surface area (Å²) < 4.78 is 28.5. The fourth-order valence-corrected chi connectivity index (χ4v) is 3.85. The molecular formula is C23H17ClF2N2O. The number of hydrogen-bond acceptors (Lipinski definition) is 3. The molecule has 0 spiro atoms. The molecule has 0 aliphatic rings. The summed E-state index contributed by atoms with van der Waals surface area (Å²) in [5.41, 5.74) is 2.16. The number of fused-ring (bicyclic) bond motifs is 1. The minimum atomic E-state index is -0.632. The van der Waals surface area contributed by atoms with E-state index in [0.29, 0.717) is 22.3 Å². The average molecular weight is 411 g/mol. The van der Waals surface area contributed by atoms with Crippen LogP contribution >= 0.6 is 11.6 Å². The van der Waals surface area contributed by atoms with Crippen LogP contribution in [-0.2, 0) is 6.42 Å². The molecule has 2 aromatic carbocycles. The number of phenolic OH excluding ortho intramolecular Hbond substituents is 1. The highest BCUT2D eigenvalue weighted by Crippen LogP contribution is 2.40. The van der Waals surface area contributed by atoms with Gasteiger partial charge < -0.3 is 5.11 Å². The highest BCUT2D eigenvalue weighted by molar-refractivity contribution is 6.31. The van der Waals surface area contributed by atoms with Crippen LogP contribution in [0.3, 0.4) is 0 Å². The lowest BCUT2D eigenvalue weighted by molar-refractivity contribution is 0.468. The Balaban J connectivity index is 1.91. The SMILES string of the molecule is Cc1cc(CC(c2ccc3cccnc3c2O)c2c(F)cccc2Cl)ncc1F. The van der Waals surface area contributed by atoms with Crippen molar-refractivity contribution in [2.24, 2.45) is 0 Å². The van der Waals surface area contributed by atoms with Crippen molar-refractivity contribution in [2.45, 2.75) is 19.3 Å². The number of aromatic hydroxyl groups is 1. The van der Waals surface area contributed by atoms with Crippen LogP contribution in [0.2, 0.25) is 5.02 Å². The monoisotopic (exact) mass is 410 g/mol. The Morgan fingerprint density at radius 3 is 2.62 bits per heavy atom. The Morgan fingerprint density at radius 1 is 1.03 bits per heavy atom. The minimum absolute atomic E-state index is 0.0359. The number of nitrogens with zero attached hydrogens (tertiary/aromatic N) is 2. The highest BCUT2D eigenvalue weighted by Gasteiger charge is 2.26. The molecule has 0 fully saturated rings. The predicted molar refractivity (Wildman–Crippen MR) is 109 cm³/mol. The number of benzene rings is 2.